The molecule has 10 atom stereocenters. The second kappa shape index (κ2) is 16.2. The lowest BCUT2D eigenvalue weighted by atomic mass is 9.97. The Bertz CT molecular complexity index is 620. The predicted molar refractivity (Wildman–Crippen MR) is 131 cm³/mol. The zero-order valence-electron chi connectivity index (χ0n) is 22.3. The minimum absolute atomic E-state index is 0.412. The van der Waals surface area contributed by atoms with Crippen LogP contribution in [-0.2, 0) is 28.5 Å². The van der Waals surface area contributed by atoms with E-state index < -0.39 is 67.4 Å². The molecule has 212 valence electrons. The van der Waals surface area contributed by atoms with Gasteiger partial charge in [-0.3, -0.25) is 4.79 Å². The van der Waals surface area contributed by atoms with Crippen molar-refractivity contribution in [2.24, 2.45) is 0 Å². The predicted octanol–water partition coefficient (Wildman–Crippen LogP) is 2.17. The Balaban J connectivity index is 1.71. The van der Waals surface area contributed by atoms with Gasteiger partial charge in [0.2, 0.25) is 0 Å². The zero-order valence-corrected chi connectivity index (χ0v) is 22.3. The molecule has 2 fully saturated rings. The van der Waals surface area contributed by atoms with Crippen molar-refractivity contribution < 1.29 is 48.9 Å². The molecule has 0 aromatic carbocycles. The second-order valence-corrected chi connectivity index (χ2v) is 10.1. The molecular formula is C26H48O10. The lowest BCUT2D eigenvalue weighted by Gasteiger charge is -2.45. The molecule has 0 bridgehead atoms. The number of aliphatic hydroxyl groups is 4. The molecule has 10 heteroatoms. The fraction of sp³-hybridized carbons (Fsp3) is 0.962. The van der Waals surface area contributed by atoms with E-state index >= 15 is 0 Å². The first-order valence-corrected chi connectivity index (χ1v) is 13.6. The monoisotopic (exact) mass is 520 g/mol. The highest BCUT2D eigenvalue weighted by atomic mass is 16.7. The Labute approximate surface area is 215 Å². The maximum atomic E-state index is 11.3. The fourth-order valence-electron chi connectivity index (χ4n) is 4.75. The molecule has 0 spiro atoms. The average Bonchev–Trinajstić information content (AvgIpc) is 2.83. The van der Waals surface area contributed by atoms with E-state index in [9.17, 15) is 25.2 Å². The molecule has 0 amide bonds. The first-order chi connectivity index (χ1) is 17.2. The van der Waals surface area contributed by atoms with Gasteiger partial charge in [-0.05, 0) is 20.3 Å². The summed E-state index contributed by atoms with van der Waals surface area (Å²) in [6.45, 7) is 7.06. The highest BCUT2D eigenvalue weighted by molar-refractivity contribution is 5.66. The smallest absolute Gasteiger partial charge is 0.303 e. The second-order valence-electron chi connectivity index (χ2n) is 10.1. The largest absolute Gasteiger partial charge is 0.457 e. The third-order valence-corrected chi connectivity index (χ3v) is 6.93. The van der Waals surface area contributed by atoms with Crippen LogP contribution in [0.4, 0.5) is 0 Å². The van der Waals surface area contributed by atoms with Crippen molar-refractivity contribution in [1.82, 2.24) is 0 Å². The van der Waals surface area contributed by atoms with Gasteiger partial charge in [-0.15, -0.1) is 0 Å². The molecule has 0 saturated carbocycles. The number of aliphatic hydroxyl groups excluding tert-OH is 4. The van der Waals surface area contributed by atoms with E-state index in [2.05, 4.69) is 6.92 Å². The Morgan fingerprint density at radius 3 is 1.75 bits per heavy atom. The van der Waals surface area contributed by atoms with Crippen LogP contribution in [0.25, 0.3) is 0 Å². The molecule has 10 nitrogen and oxygen atoms in total. The third-order valence-electron chi connectivity index (χ3n) is 6.93. The summed E-state index contributed by atoms with van der Waals surface area (Å²) in [6, 6.07) is 0. The van der Waals surface area contributed by atoms with Gasteiger partial charge in [0.25, 0.3) is 0 Å². The molecule has 2 aliphatic heterocycles. The van der Waals surface area contributed by atoms with Crippen LogP contribution in [0.5, 0.6) is 0 Å². The van der Waals surface area contributed by atoms with Crippen molar-refractivity contribution in [1.29, 1.82) is 0 Å². The minimum atomic E-state index is -1.53. The van der Waals surface area contributed by atoms with Crippen molar-refractivity contribution in [3.8, 4) is 0 Å². The molecule has 36 heavy (non-hydrogen) atoms. The first kappa shape index (κ1) is 31.4. The van der Waals surface area contributed by atoms with Crippen LogP contribution in [0.15, 0.2) is 0 Å². The summed E-state index contributed by atoms with van der Waals surface area (Å²) in [6.07, 6.45) is 0.480. The normalized spacial score (nSPS) is 37.1. The SMILES string of the molecule is CCCCCCCCCCCCO[C@@H]1O[C@@H](C)[C@H](O[C@@H]2O[C@@H](C)[C@H](OC(C)=O)[C@@H](O)[C@H]2O)[C@@H](O)[C@H]1O. The highest BCUT2D eigenvalue weighted by Crippen LogP contribution is 2.30. The van der Waals surface area contributed by atoms with E-state index in [0.717, 1.165) is 19.3 Å². The Morgan fingerprint density at radius 1 is 0.694 bits per heavy atom. The minimum Gasteiger partial charge on any atom is -0.457 e. The summed E-state index contributed by atoms with van der Waals surface area (Å²) in [5.74, 6) is -0.613. The summed E-state index contributed by atoms with van der Waals surface area (Å²) < 4.78 is 27.8. The molecular weight excluding hydrogens is 472 g/mol. The number of ether oxygens (including phenoxy) is 5. The molecule has 2 saturated heterocycles. The van der Waals surface area contributed by atoms with Gasteiger partial charge < -0.3 is 44.1 Å². The van der Waals surface area contributed by atoms with Crippen LogP contribution in [0.2, 0.25) is 0 Å². The van der Waals surface area contributed by atoms with Gasteiger partial charge in [-0.2, -0.15) is 0 Å². The molecule has 0 aliphatic carbocycles. The van der Waals surface area contributed by atoms with Gasteiger partial charge in [0.05, 0.1) is 12.2 Å². The van der Waals surface area contributed by atoms with Crippen LogP contribution >= 0.6 is 0 Å². The zero-order chi connectivity index (χ0) is 26.7. The van der Waals surface area contributed by atoms with Crippen molar-refractivity contribution >= 4 is 5.97 Å². The highest BCUT2D eigenvalue weighted by Gasteiger charge is 2.50. The number of hydrogen-bond acceptors (Lipinski definition) is 10. The van der Waals surface area contributed by atoms with Crippen LogP contribution in [0.1, 0.15) is 91.9 Å². The Morgan fingerprint density at radius 2 is 1.17 bits per heavy atom. The maximum Gasteiger partial charge on any atom is 0.303 e. The standard InChI is InChI=1S/C26H48O10/c1-5-6-7-8-9-10-11-12-13-14-15-32-25-21(30)19(28)24(17(3)33-25)36-26-22(31)20(29)23(16(2)34-26)35-18(4)27/h16-17,19-26,28-31H,5-15H2,1-4H3/t16-,17-,19-,20-,21+,22+,23-,24-,25+,26-/m0/s1. The van der Waals surface area contributed by atoms with E-state index in [0.29, 0.717) is 6.61 Å². The summed E-state index contributed by atoms with van der Waals surface area (Å²) in [7, 11) is 0. The van der Waals surface area contributed by atoms with Crippen LogP contribution in [-0.4, -0.2) is 94.4 Å². The molecule has 0 radical (unpaired) electrons. The summed E-state index contributed by atoms with van der Waals surface area (Å²) in [5, 5.41) is 42.0. The van der Waals surface area contributed by atoms with Gasteiger partial charge in [-0.25, -0.2) is 0 Å². The summed E-state index contributed by atoms with van der Waals surface area (Å²) >= 11 is 0. The van der Waals surface area contributed by atoms with Crippen LogP contribution in [0.3, 0.4) is 0 Å². The summed E-state index contributed by atoms with van der Waals surface area (Å²) in [5.41, 5.74) is 0. The van der Waals surface area contributed by atoms with E-state index in [1.165, 1.54) is 51.9 Å². The van der Waals surface area contributed by atoms with E-state index in [4.69, 9.17) is 23.7 Å². The van der Waals surface area contributed by atoms with Gasteiger partial charge in [0.15, 0.2) is 18.7 Å². The van der Waals surface area contributed by atoms with E-state index in [1.807, 2.05) is 0 Å². The number of rotatable bonds is 15. The van der Waals surface area contributed by atoms with Crippen LogP contribution < -0.4 is 0 Å². The fourth-order valence-corrected chi connectivity index (χ4v) is 4.75. The van der Waals surface area contributed by atoms with E-state index in [1.54, 1.807) is 13.8 Å². The first-order valence-electron chi connectivity index (χ1n) is 13.6. The molecule has 2 heterocycles. The average molecular weight is 521 g/mol. The lowest BCUT2D eigenvalue weighted by Crippen LogP contribution is -2.63. The van der Waals surface area contributed by atoms with Crippen molar-refractivity contribution in [2.45, 2.75) is 153 Å². The number of carbonyl (C=O) groups is 1. The lowest BCUT2D eigenvalue weighted by molar-refractivity contribution is -0.352. The third kappa shape index (κ3) is 9.47. The Kier molecular flexibility index (Phi) is 14.1. The van der Waals surface area contributed by atoms with Crippen molar-refractivity contribution in [2.75, 3.05) is 6.61 Å². The molecule has 4 N–H and O–H groups in total. The maximum absolute atomic E-state index is 11.3. The van der Waals surface area contributed by atoms with Gasteiger partial charge >= 0.3 is 5.97 Å². The van der Waals surface area contributed by atoms with Crippen LogP contribution in [0, 0.1) is 0 Å². The van der Waals surface area contributed by atoms with Crippen molar-refractivity contribution in [3.05, 3.63) is 0 Å². The molecule has 0 aromatic rings. The van der Waals surface area contributed by atoms with Gasteiger partial charge in [0, 0.05) is 13.5 Å². The number of unbranched alkanes of at least 4 members (excludes halogenated alkanes) is 9. The van der Waals surface area contributed by atoms with Gasteiger partial charge in [-0.1, -0.05) is 64.7 Å². The van der Waals surface area contributed by atoms with E-state index in [-0.39, 0.29) is 0 Å². The molecule has 2 rings (SSSR count). The molecule has 0 aromatic heterocycles. The number of hydrogen-bond donors (Lipinski definition) is 4. The topological polar surface area (TPSA) is 144 Å². The summed E-state index contributed by atoms with van der Waals surface area (Å²) in [4.78, 5) is 11.3. The number of carbonyl (C=O) groups excluding carboxylic acids is 1. The Hall–Kier alpha value is -0.850. The van der Waals surface area contributed by atoms with Crippen molar-refractivity contribution in [3.63, 3.8) is 0 Å². The molecule has 0 unspecified atom stereocenters. The van der Waals surface area contributed by atoms with Gasteiger partial charge in [0.1, 0.15) is 30.5 Å². The number of esters is 1. The quantitative estimate of drug-likeness (QED) is 0.187. The molecule has 2 aliphatic rings.